The molecule has 2 N–H and O–H groups in total. The average Bonchev–Trinajstić information content (AvgIpc) is 3.08. The zero-order chi connectivity index (χ0) is 16.5. The Bertz CT molecular complexity index is 996. The maximum Gasteiger partial charge on any atom is 0.181 e. The standard InChI is InChI=1S/C17H12ClN5O/c18-12-3-7-14(8-4-12)24-13-5-1-11(2-6-13)15-9-10-16-20-21-22-23(16)17(15)19/h1-10H,19H2. The van der Waals surface area contributed by atoms with E-state index in [2.05, 4.69) is 15.5 Å². The van der Waals surface area contributed by atoms with E-state index in [0.29, 0.717) is 16.5 Å². The van der Waals surface area contributed by atoms with Crippen LogP contribution in [-0.4, -0.2) is 20.0 Å². The minimum absolute atomic E-state index is 0.490. The Labute approximate surface area is 142 Å². The molecule has 118 valence electrons. The molecule has 0 unspecified atom stereocenters. The van der Waals surface area contributed by atoms with Crippen molar-refractivity contribution in [3.8, 4) is 22.6 Å². The van der Waals surface area contributed by atoms with Crippen LogP contribution in [0.3, 0.4) is 0 Å². The van der Waals surface area contributed by atoms with Crippen LogP contribution >= 0.6 is 11.6 Å². The van der Waals surface area contributed by atoms with Gasteiger partial charge in [0.05, 0.1) is 0 Å². The molecule has 24 heavy (non-hydrogen) atoms. The van der Waals surface area contributed by atoms with E-state index in [0.717, 1.165) is 22.6 Å². The normalized spacial score (nSPS) is 10.9. The van der Waals surface area contributed by atoms with Crippen molar-refractivity contribution in [1.29, 1.82) is 0 Å². The Morgan fingerprint density at radius 1 is 0.875 bits per heavy atom. The number of hydrogen-bond acceptors (Lipinski definition) is 5. The molecule has 0 bridgehead atoms. The summed E-state index contributed by atoms with van der Waals surface area (Å²) in [5.41, 5.74) is 8.56. The number of halogens is 1. The van der Waals surface area contributed by atoms with Crippen molar-refractivity contribution >= 4 is 23.1 Å². The van der Waals surface area contributed by atoms with Crippen LogP contribution in [0, 0.1) is 0 Å². The second-order valence-corrected chi connectivity index (χ2v) is 5.60. The zero-order valence-corrected chi connectivity index (χ0v) is 13.2. The number of ether oxygens (including phenoxy) is 1. The fraction of sp³-hybridized carbons (Fsp3) is 0. The van der Waals surface area contributed by atoms with Crippen molar-refractivity contribution in [2.45, 2.75) is 0 Å². The van der Waals surface area contributed by atoms with Crippen LogP contribution < -0.4 is 10.5 Å². The molecule has 0 aliphatic rings. The third-order valence-electron chi connectivity index (χ3n) is 3.61. The van der Waals surface area contributed by atoms with Crippen molar-refractivity contribution < 1.29 is 4.74 Å². The summed E-state index contributed by atoms with van der Waals surface area (Å²) in [7, 11) is 0. The number of nitrogen functional groups attached to an aromatic ring is 1. The summed E-state index contributed by atoms with van der Waals surface area (Å²) in [6.07, 6.45) is 0. The highest BCUT2D eigenvalue weighted by atomic mass is 35.5. The molecule has 2 aromatic carbocycles. The van der Waals surface area contributed by atoms with Crippen LogP contribution in [0.25, 0.3) is 16.8 Å². The minimum Gasteiger partial charge on any atom is -0.457 e. The summed E-state index contributed by atoms with van der Waals surface area (Å²) in [5, 5.41) is 12.0. The lowest BCUT2D eigenvalue weighted by molar-refractivity contribution is 0.483. The van der Waals surface area contributed by atoms with Crippen LogP contribution in [0.2, 0.25) is 5.02 Å². The van der Waals surface area contributed by atoms with E-state index in [4.69, 9.17) is 22.1 Å². The molecule has 0 saturated carbocycles. The van der Waals surface area contributed by atoms with Gasteiger partial charge in [-0.2, -0.15) is 4.52 Å². The van der Waals surface area contributed by atoms with Crippen LogP contribution in [0.5, 0.6) is 11.5 Å². The molecule has 0 fully saturated rings. The number of nitrogens with two attached hydrogens (primary N) is 1. The molecule has 7 heteroatoms. The fourth-order valence-electron chi connectivity index (χ4n) is 2.41. The molecule has 0 radical (unpaired) electrons. The van der Waals surface area contributed by atoms with E-state index in [9.17, 15) is 0 Å². The molecule has 0 amide bonds. The number of hydrogen-bond donors (Lipinski definition) is 1. The molecule has 2 aromatic heterocycles. The predicted octanol–water partition coefficient (Wildman–Crippen LogP) is 3.82. The van der Waals surface area contributed by atoms with Crippen molar-refractivity contribution in [1.82, 2.24) is 20.0 Å². The average molecular weight is 338 g/mol. The van der Waals surface area contributed by atoms with Gasteiger partial charge in [0, 0.05) is 10.6 Å². The summed E-state index contributed by atoms with van der Waals surface area (Å²) in [6, 6.07) is 18.6. The largest absolute Gasteiger partial charge is 0.457 e. The van der Waals surface area contributed by atoms with E-state index < -0.39 is 0 Å². The summed E-state index contributed by atoms with van der Waals surface area (Å²) >= 11 is 5.87. The van der Waals surface area contributed by atoms with Gasteiger partial charge in [0.2, 0.25) is 0 Å². The topological polar surface area (TPSA) is 78.3 Å². The number of rotatable bonds is 3. The number of pyridine rings is 1. The van der Waals surface area contributed by atoms with Gasteiger partial charge in [-0.05, 0) is 64.5 Å². The smallest absolute Gasteiger partial charge is 0.181 e. The molecule has 4 aromatic rings. The van der Waals surface area contributed by atoms with Crippen molar-refractivity contribution in [3.63, 3.8) is 0 Å². The molecule has 2 heterocycles. The van der Waals surface area contributed by atoms with Gasteiger partial charge < -0.3 is 10.5 Å². The van der Waals surface area contributed by atoms with Crippen molar-refractivity contribution in [2.24, 2.45) is 0 Å². The molecule has 0 saturated heterocycles. The van der Waals surface area contributed by atoms with Gasteiger partial charge in [-0.3, -0.25) is 0 Å². The monoisotopic (exact) mass is 337 g/mol. The number of anilines is 1. The number of aromatic nitrogens is 4. The Kier molecular flexibility index (Phi) is 3.51. The maximum atomic E-state index is 6.15. The Balaban J connectivity index is 1.62. The molecular weight excluding hydrogens is 326 g/mol. The lowest BCUT2D eigenvalue weighted by Gasteiger charge is -2.09. The Morgan fingerprint density at radius 2 is 1.54 bits per heavy atom. The summed E-state index contributed by atoms with van der Waals surface area (Å²) < 4.78 is 7.29. The highest BCUT2D eigenvalue weighted by Gasteiger charge is 2.09. The van der Waals surface area contributed by atoms with Gasteiger partial charge >= 0.3 is 0 Å². The van der Waals surface area contributed by atoms with Crippen LogP contribution in [0.4, 0.5) is 5.82 Å². The van der Waals surface area contributed by atoms with Gasteiger partial charge in [0.15, 0.2) is 5.65 Å². The SMILES string of the molecule is Nc1c(-c2ccc(Oc3ccc(Cl)cc3)cc2)ccc2nnnn12. The number of nitrogens with zero attached hydrogens (tertiary/aromatic N) is 4. The summed E-state index contributed by atoms with van der Waals surface area (Å²) in [6.45, 7) is 0. The fourth-order valence-corrected chi connectivity index (χ4v) is 2.54. The Morgan fingerprint density at radius 3 is 2.25 bits per heavy atom. The molecule has 0 aliphatic carbocycles. The van der Waals surface area contributed by atoms with Crippen LogP contribution in [0.1, 0.15) is 0 Å². The first-order valence-electron chi connectivity index (χ1n) is 7.21. The Hall–Kier alpha value is -3.12. The lowest BCUT2D eigenvalue weighted by Crippen LogP contribution is -2.01. The second kappa shape index (κ2) is 5.82. The van der Waals surface area contributed by atoms with Gasteiger partial charge in [0.25, 0.3) is 0 Å². The highest BCUT2D eigenvalue weighted by molar-refractivity contribution is 6.30. The maximum absolute atomic E-state index is 6.15. The molecule has 0 atom stereocenters. The third-order valence-corrected chi connectivity index (χ3v) is 3.86. The highest BCUT2D eigenvalue weighted by Crippen LogP contribution is 2.29. The van der Waals surface area contributed by atoms with E-state index in [1.165, 1.54) is 4.52 Å². The van der Waals surface area contributed by atoms with Gasteiger partial charge in [-0.25, -0.2) is 0 Å². The lowest BCUT2D eigenvalue weighted by atomic mass is 10.1. The summed E-state index contributed by atoms with van der Waals surface area (Å²) in [5.74, 6) is 1.94. The van der Waals surface area contributed by atoms with Crippen molar-refractivity contribution in [2.75, 3.05) is 5.73 Å². The number of tetrazole rings is 1. The molecular formula is C17H12ClN5O. The van der Waals surface area contributed by atoms with Gasteiger partial charge in [0.1, 0.15) is 17.3 Å². The van der Waals surface area contributed by atoms with E-state index >= 15 is 0 Å². The van der Waals surface area contributed by atoms with E-state index in [1.807, 2.05) is 48.5 Å². The number of benzene rings is 2. The number of fused-ring (bicyclic) bond motifs is 1. The molecule has 4 rings (SSSR count). The second-order valence-electron chi connectivity index (χ2n) is 5.16. The van der Waals surface area contributed by atoms with E-state index in [-0.39, 0.29) is 0 Å². The first-order chi connectivity index (χ1) is 11.7. The van der Waals surface area contributed by atoms with E-state index in [1.54, 1.807) is 12.1 Å². The van der Waals surface area contributed by atoms with Gasteiger partial charge in [-0.1, -0.05) is 23.7 Å². The first kappa shape index (κ1) is 14.5. The molecule has 0 spiro atoms. The summed E-state index contributed by atoms with van der Waals surface area (Å²) in [4.78, 5) is 0. The third kappa shape index (κ3) is 2.63. The minimum atomic E-state index is 0.490. The quantitative estimate of drug-likeness (QED) is 0.615. The van der Waals surface area contributed by atoms with Gasteiger partial charge in [-0.15, -0.1) is 5.10 Å². The van der Waals surface area contributed by atoms with Crippen LogP contribution in [-0.2, 0) is 0 Å². The van der Waals surface area contributed by atoms with Crippen molar-refractivity contribution in [3.05, 3.63) is 65.7 Å². The predicted molar refractivity (Wildman–Crippen MR) is 92.2 cm³/mol. The molecule has 0 aliphatic heterocycles. The first-order valence-corrected chi connectivity index (χ1v) is 7.59. The molecule has 6 nitrogen and oxygen atoms in total. The van der Waals surface area contributed by atoms with Crippen LogP contribution in [0.15, 0.2) is 60.7 Å². The zero-order valence-electron chi connectivity index (χ0n) is 12.4.